The Morgan fingerprint density at radius 2 is 1.84 bits per heavy atom. The van der Waals surface area contributed by atoms with Gasteiger partial charge in [-0.1, -0.05) is 32.4 Å². The topological polar surface area (TPSA) is 56.3 Å². The molecule has 0 spiro atoms. The SMILES string of the molecule is CC(OS(C)(=O)=O)c1cc(Cl)cnc1[C@@H](C)C(C)C. The Morgan fingerprint density at radius 1 is 1.26 bits per heavy atom. The van der Waals surface area contributed by atoms with Crippen molar-refractivity contribution in [3.05, 3.63) is 28.5 Å². The Kier molecular flexibility index (Phi) is 5.35. The van der Waals surface area contributed by atoms with Gasteiger partial charge in [0.1, 0.15) is 6.10 Å². The van der Waals surface area contributed by atoms with Gasteiger partial charge in [0.15, 0.2) is 0 Å². The Labute approximate surface area is 120 Å². The molecule has 1 heterocycles. The first kappa shape index (κ1) is 16.4. The summed E-state index contributed by atoms with van der Waals surface area (Å²) in [7, 11) is -3.52. The van der Waals surface area contributed by atoms with Crippen LogP contribution < -0.4 is 0 Å². The lowest BCUT2D eigenvalue weighted by Crippen LogP contribution is -2.14. The van der Waals surface area contributed by atoms with Crippen molar-refractivity contribution in [2.75, 3.05) is 6.26 Å². The van der Waals surface area contributed by atoms with Crippen LogP contribution in [0.15, 0.2) is 12.3 Å². The van der Waals surface area contributed by atoms with Crippen molar-refractivity contribution in [1.29, 1.82) is 0 Å². The van der Waals surface area contributed by atoms with Gasteiger partial charge in [-0.15, -0.1) is 0 Å². The molecule has 0 amide bonds. The Hall–Kier alpha value is -0.650. The van der Waals surface area contributed by atoms with Crippen LogP contribution in [0.2, 0.25) is 5.02 Å². The fraction of sp³-hybridized carbons (Fsp3) is 0.615. The van der Waals surface area contributed by atoms with Crippen LogP contribution in [-0.4, -0.2) is 19.7 Å². The Bertz CT molecular complexity index is 543. The largest absolute Gasteiger partial charge is 0.264 e. The zero-order chi connectivity index (χ0) is 14.8. The number of nitrogens with zero attached hydrogens (tertiary/aromatic N) is 1. The van der Waals surface area contributed by atoms with Crippen LogP contribution in [-0.2, 0) is 14.3 Å². The Morgan fingerprint density at radius 3 is 2.32 bits per heavy atom. The summed E-state index contributed by atoms with van der Waals surface area (Å²) in [5.41, 5.74) is 1.55. The van der Waals surface area contributed by atoms with E-state index >= 15 is 0 Å². The normalized spacial score (nSPS) is 15.5. The highest BCUT2D eigenvalue weighted by molar-refractivity contribution is 7.86. The van der Waals surface area contributed by atoms with E-state index < -0.39 is 16.2 Å². The summed E-state index contributed by atoms with van der Waals surface area (Å²) in [5.74, 6) is 0.579. The molecule has 1 rings (SSSR count). The molecule has 0 bridgehead atoms. The van der Waals surface area contributed by atoms with Crippen LogP contribution in [0.1, 0.15) is 51.0 Å². The first-order valence-corrected chi connectivity index (χ1v) is 8.35. The number of aromatic nitrogens is 1. The van der Waals surface area contributed by atoms with Gasteiger partial charge in [0.05, 0.1) is 11.3 Å². The van der Waals surface area contributed by atoms with Gasteiger partial charge >= 0.3 is 0 Å². The van der Waals surface area contributed by atoms with Crippen LogP contribution in [0.25, 0.3) is 0 Å². The van der Waals surface area contributed by atoms with E-state index in [2.05, 4.69) is 25.8 Å². The maximum atomic E-state index is 11.2. The zero-order valence-electron chi connectivity index (χ0n) is 11.8. The van der Waals surface area contributed by atoms with E-state index in [0.717, 1.165) is 17.5 Å². The third-order valence-electron chi connectivity index (χ3n) is 3.10. The van der Waals surface area contributed by atoms with Gasteiger partial charge in [0, 0.05) is 23.4 Å². The lowest BCUT2D eigenvalue weighted by molar-refractivity contribution is 0.233. The monoisotopic (exact) mass is 305 g/mol. The van der Waals surface area contributed by atoms with Crippen molar-refractivity contribution >= 4 is 21.7 Å². The Balaban J connectivity index is 3.20. The highest BCUT2D eigenvalue weighted by Gasteiger charge is 2.22. The minimum absolute atomic E-state index is 0.192. The molecule has 0 saturated carbocycles. The molecular formula is C13H20ClNO3S. The maximum Gasteiger partial charge on any atom is 0.264 e. The van der Waals surface area contributed by atoms with Crippen LogP contribution in [0.4, 0.5) is 0 Å². The lowest BCUT2D eigenvalue weighted by atomic mass is 9.90. The summed E-state index contributed by atoms with van der Waals surface area (Å²) in [6, 6.07) is 1.72. The van der Waals surface area contributed by atoms with Gasteiger partial charge in [-0.2, -0.15) is 8.42 Å². The van der Waals surface area contributed by atoms with Gasteiger partial charge in [-0.25, -0.2) is 0 Å². The number of hydrogen-bond acceptors (Lipinski definition) is 4. The van der Waals surface area contributed by atoms with E-state index in [0.29, 0.717) is 10.9 Å². The molecule has 0 aromatic carbocycles. The molecule has 1 aromatic rings. The first-order chi connectivity index (χ1) is 8.61. The third kappa shape index (κ3) is 4.75. The molecule has 19 heavy (non-hydrogen) atoms. The molecule has 0 N–H and O–H groups in total. The standard InChI is InChI=1S/C13H20ClNO3S/c1-8(2)9(3)13-12(6-11(14)7-15-13)10(4)18-19(5,16)17/h6-10H,1-5H3/t9-,10?/m0/s1. The molecule has 108 valence electrons. The fourth-order valence-corrected chi connectivity index (χ4v) is 2.60. The van der Waals surface area contributed by atoms with Crippen LogP contribution in [0.5, 0.6) is 0 Å². The molecule has 0 aliphatic rings. The second-order valence-corrected chi connectivity index (χ2v) is 7.14. The van der Waals surface area contributed by atoms with E-state index in [1.54, 1.807) is 19.2 Å². The minimum atomic E-state index is -3.52. The number of halogens is 1. The van der Waals surface area contributed by atoms with Crippen molar-refractivity contribution in [2.24, 2.45) is 5.92 Å². The minimum Gasteiger partial charge on any atom is -0.262 e. The molecule has 4 nitrogen and oxygen atoms in total. The number of hydrogen-bond donors (Lipinski definition) is 0. The molecule has 2 atom stereocenters. The quantitative estimate of drug-likeness (QED) is 0.781. The molecule has 6 heteroatoms. The first-order valence-electron chi connectivity index (χ1n) is 6.15. The zero-order valence-corrected chi connectivity index (χ0v) is 13.4. The smallest absolute Gasteiger partial charge is 0.262 e. The van der Waals surface area contributed by atoms with E-state index in [-0.39, 0.29) is 5.92 Å². The van der Waals surface area contributed by atoms with Gasteiger partial charge in [0.25, 0.3) is 10.1 Å². The third-order valence-corrected chi connectivity index (χ3v) is 3.95. The average Bonchev–Trinajstić information content (AvgIpc) is 2.25. The predicted molar refractivity (Wildman–Crippen MR) is 76.8 cm³/mol. The molecule has 0 radical (unpaired) electrons. The van der Waals surface area contributed by atoms with E-state index in [1.165, 1.54) is 0 Å². The van der Waals surface area contributed by atoms with Crippen molar-refractivity contribution in [1.82, 2.24) is 4.98 Å². The van der Waals surface area contributed by atoms with E-state index in [4.69, 9.17) is 15.8 Å². The molecule has 0 fully saturated rings. The average molecular weight is 306 g/mol. The molecular weight excluding hydrogens is 286 g/mol. The lowest BCUT2D eigenvalue weighted by Gasteiger charge is -2.21. The van der Waals surface area contributed by atoms with E-state index in [9.17, 15) is 8.42 Å². The second-order valence-electron chi connectivity index (χ2n) is 5.10. The van der Waals surface area contributed by atoms with Gasteiger partial charge in [-0.05, 0) is 18.9 Å². The van der Waals surface area contributed by atoms with Crippen LogP contribution in [0, 0.1) is 5.92 Å². The van der Waals surface area contributed by atoms with Gasteiger partial charge in [0.2, 0.25) is 0 Å². The second kappa shape index (κ2) is 6.20. The molecule has 1 aromatic heterocycles. The van der Waals surface area contributed by atoms with Crippen LogP contribution in [0.3, 0.4) is 0 Å². The highest BCUT2D eigenvalue weighted by atomic mass is 35.5. The van der Waals surface area contributed by atoms with E-state index in [1.807, 2.05) is 0 Å². The number of rotatable bonds is 5. The summed E-state index contributed by atoms with van der Waals surface area (Å²) in [4.78, 5) is 4.34. The summed E-state index contributed by atoms with van der Waals surface area (Å²) >= 11 is 5.95. The van der Waals surface area contributed by atoms with Crippen molar-refractivity contribution in [2.45, 2.75) is 39.7 Å². The number of pyridine rings is 1. The summed E-state index contributed by atoms with van der Waals surface area (Å²) in [6.45, 7) is 7.92. The van der Waals surface area contributed by atoms with Gasteiger partial charge < -0.3 is 0 Å². The molecule has 1 unspecified atom stereocenters. The maximum absolute atomic E-state index is 11.2. The van der Waals surface area contributed by atoms with Crippen molar-refractivity contribution in [3.63, 3.8) is 0 Å². The predicted octanol–water partition coefficient (Wildman–Crippen LogP) is 3.53. The summed E-state index contributed by atoms with van der Waals surface area (Å²) < 4.78 is 27.5. The molecule has 0 aliphatic heterocycles. The van der Waals surface area contributed by atoms with Crippen molar-refractivity contribution in [3.8, 4) is 0 Å². The summed E-state index contributed by atoms with van der Waals surface area (Å²) in [5, 5.41) is 0.471. The fourth-order valence-electron chi connectivity index (χ4n) is 1.80. The summed E-state index contributed by atoms with van der Waals surface area (Å²) in [6.07, 6.45) is 2.01. The van der Waals surface area contributed by atoms with Crippen molar-refractivity contribution < 1.29 is 12.6 Å². The highest BCUT2D eigenvalue weighted by Crippen LogP contribution is 2.32. The molecule has 0 saturated heterocycles. The van der Waals surface area contributed by atoms with Crippen LogP contribution >= 0.6 is 11.6 Å². The van der Waals surface area contributed by atoms with Gasteiger partial charge in [-0.3, -0.25) is 9.17 Å². The molecule has 0 aliphatic carbocycles.